The van der Waals surface area contributed by atoms with Crippen LogP contribution >= 0.6 is 0 Å². The molecule has 2 aromatic carbocycles. The smallest absolute Gasteiger partial charge is 0.256 e. The molecule has 3 heterocycles. The number of nitrogens with one attached hydrogen (secondary N) is 1. The molecule has 0 aliphatic heterocycles. The molecule has 1 amide bonds. The van der Waals surface area contributed by atoms with Crippen LogP contribution in [0.4, 0.5) is 5.82 Å². The number of carbonyl (C=O) groups excluding carboxylic acids is 1. The summed E-state index contributed by atoms with van der Waals surface area (Å²) in [4.78, 5) is 25.9. The fraction of sp³-hybridized carbons (Fsp3) is 0.0435. The van der Waals surface area contributed by atoms with E-state index in [4.69, 9.17) is 4.42 Å². The highest BCUT2D eigenvalue weighted by molar-refractivity contribution is 6.07. The Kier molecular flexibility index (Phi) is 4.33. The Balaban J connectivity index is 1.44. The van der Waals surface area contributed by atoms with Gasteiger partial charge in [-0.3, -0.25) is 4.79 Å². The molecule has 0 unspecified atom stereocenters. The van der Waals surface area contributed by atoms with E-state index in [2.05, 4.69) is 20.3 Å². The van der Waals surface area contributed by atoms with Gasteiger partial charge in [-0.2, -0.15) is 0 Å². The third-order valence-electron chi connectivity index (χ3n) is 4.88. The highest BCUT2D eigenvalue weighted by atomic mass is 16.3. The minimum atomic E-state index is -0.264. The van der Waals surface area contributed by atoms with Gasteiger partial charge in [-0.25, -0.2) is 15.0 Å². The van der Waals surface area contributed by atoms with Gasteiger partial charge in [-0.05, 0) is 35.4 Å². The summed E-state index contributed by atoms with van der Waals surface area (Å²) in [5, 5.41) is 2.85. The second-order valence-electron chi connectivity index (χ2n) is 6.76. The molecule has 0 aliphatic rings. The maximum Gasteiger partial charge on any atom is 0.256 e. The van der Waals surface area contributed by atoms with Crippen LogP contribution in [0.15, 0.2) is 83.7 Å². The molecule has 0 bridgehead atoms. The van der Waals surface area contributed by atoms with Crippen molar-refractivity contribution in [2.45, 2.75) is 0 Å². The molecular weight excluding hydrogens is 378 g/mol. The lowest BCUT2D eigenvalue weighted by atomic mass is 10.0. The molecule has 7 nitrogen and oxygen atoms in total. The van der Waals surface area contributed by atoms with Gasteiger partial charge in [0, 0.05) is 12.6 Å². The zero-order chi connectivity index (χ0) is 20.5. The molecule has 0 spiro atoms. The van der Waals surface area contributed by atoms with Crippen molar-refractivity contribution in [2.75, 3.05) is 5.32 Å². The van der Waals surface area contributed by atoms with E-state index in [1.807, 2.05) is 55.6 Å². The summed E-state index contributed by atoms with van der Waals surface area (Å²) in [5.74, 6) is 1.31. The fourth-order valence-corrected chi connectivity index (χ4v) is 3.34. The molecule has 0 saturated carbocycles. The maximum absolute atomic E-state index is 12.8. The van der Waals surface area contributed by atoms with Crippen LogP contribution in [0, 0.1) is 0 Å². The van der Waals surface area contributed by atoms with Crippen molar-refractivity contribution in [1.29, 1.82) is 0 Å². The fourth-order valence-electron chi connectivity index (χ4n) is 3.34. The van der Waals surface area contributed by atoms with Crippen LogP contribution in [0.25, 0.3) is 33.9 Å². The molecule has 1 N–H and O–H groups in total. The minimum Gasteiger partial charge on any atom is -0.461 e. The summed E-state index contributed by atoms with van der Waals surface area (Å²) in [7, 11) is 1.84. The van der Waals surface area contributed by atoms with E-state index >= 15 is 0 Å². The van der Waals surface area contributed by atoms with Gasteiger partial charge < -0.3 is 14.3 Å². The summed E-state index contributed by atoms with van der Waals surface area (Å²) < 4.78 is 7.25. The second kappa shape index (κ2) is 7.29. The van der Waals surface area contributed by atoms with Crippen molar-refractivity contribution >= 4 is 22.9 Å². The predicted octanol–water partition coefficient (Wildman–Crippen LogP) is 4.54. The lowest BCUT2D eigenvalue weighted by Crippen LogP contribution is -2.13. The highest BCUT2D eigenvalue weighted by Crippen LogP contribution is 2.26. The molecule has 146 valence electrons. The van der Waals surface area contributed by atoms with Crippen LogP contribution < -0.4 is 5.32 Å². The van der Waals surface area contributed by atoms with Crippen LogP contribution in [0.2, 0.25) is 0 Å². The number of rotatable bonds is 4. The topological polar surface area (TPSA) is 85.8 Å². The number of anilines is 1. The number of imidazole rings is 1. The van der Waals surface area contributed by atoms with Crippen molar-refractivity contribution < 1.29 is 9.21 Å². The Morgan fingerprint density at radius 2 is 1.70 bits per heavy atom. The van der Waals surface area contributed by atoms with E-state index in [0.717, 1.165) is 11.1 Å². The Bertz CT molecular complexity index is 1320. The first-order chi connectivity index (χ1) is 14.7. The number of amides is 1. The van der Waals surface area contributed by atoms with E-state index < -0.39 is 0 Å². The maximum atomic E-state index is 12.8. The first-order valence-electron chi connectivity index (χ1n) is 9.39. The third-order valence-corrected chi connectivity index (χ3v) is 4.88. The summed E-state index contributed by atoms with van der Waals surface area (Å²) in [5.41, 5.74) is 3.78. The first-order valence-corrected chi connectivity index (χ1v) is 9.39. The number of benzene rings is 2. The van der Waals surface area contributed by atoms with E-state index in [1.165, 1.54) is 6.33 Å². The lowest BCUT2D eigenvalue weighted by molar-refractivity contribution is 0.102. The quantitative estimate of drug-likeness (QED) is 0.483. The van der Waals surface area contributed by atoms with Crippen molar-refractivity contribution in [3.63, 3.8) is 0 Å². The molecule has 5 aromatic rings. The summed E-state index contributed by atoms with van der Waals surface area (Å²) in [6, 6.07) is 21.1. The molecule has 30 heavy (non-hydrogen) atoms. The number of fused-ring (bicyclic) bond motifs is 1. The Hall–Kier alpha value is -4.26. The predicted molar refractivity (Wildman–Crippen MR) is 114 cm³/mol. The van der Waals surface area contributed by atoms with Gasteiger partial charge in [0.15, 0.2) is 28.6 Å². The van der Waals surface area contributed by atoms with Crippen molar-refractivity contribution in [3.8, 4) is 22.7 Å². The Morgan fingerprint density at radius 1 is 0.933 bits per heavy atom. The van der Waals surface area contributed by atoms with Gasteiger partial charge in [0.25, 0.3) is 5.91 Å². The molecule has 0 radical (unpaired) electrons. The summed E-state index contributed by atoms with van der Waals surface area (Å²) >= 11 is 0. The lowest BCUT2D eigenvalue weighted by Gasteiger charge is -2.06. The molecule has 0 saturated heterocycles. The molecule has 0 fully saturated rings. The molecule has 5 rings (SSSR count). The number of furan rings is 1. The van der Waals surface area contributed by atoms with Crippen molar-refractivity contribution in [3.05, 3.63) is 84.9 Å². The standard InChI is InChI=1S/C23H17N5O2/c1-28-21(18-8-5-13-30-18)26-19-20(24-14-25-22(19)28)27-23(29)17-11-9-16(10-12-17)15-6-3-2-4-7-15/h2-14H,1H3,(H,24,25,27,29). The average Bonchev–Trinajstić information content (AvgIpc) is 3.43. The molecular formula is C23H17N5O2. The van der Waals surface area contributed by atoms with Crippen LogP contribution in [0.3, 0.4) is 0 Å². The van der Waals surface area contributed by atoms with Gasteiger partial charge in [-0.15, -0.1) is 0 Å². The van der Waals surface area contributed by atoms with E-state index in [0.29, 0.717) is 34.1 Å². The van der Waals surface area contributed by atoms with Crippen molar-refractivity contribution in [2.24, 2.45) is 7.05 Å². The number of hydrogen-bond donors (Lipinski definition) is 1. The number of hydrogen-bond acceptors (Lipinski definition) is 5. The largest absolute Gasteiger partial charge is 0.461 e. The van der Waals surface area contributed by atoms with Gasteiger partial charge in [0.2, 0.25) is 0 Å². The number of carbonyl (C=O) groups is 1. The molecule has 7 heteroatoms. The van der Waals surface area contributed by atoms with Crippen molar-refractivity contribution in [1.82, 2.24) is 19.5 Å². The zero-order valence-corrected chi connectivity index (χ0v) is 16.1. The zero-order valence-electron chi connectivity index (χ0n) is 16.1. The van der Waals surface area contributed by atoms with Crippen LogP contribution in [-0.2, 0) is 7.05 Å². The Labute approximate surface area is 172 Å². The highest BCUT2D eigenvalue weighted by Gasteiger charge is 2.18. The molecule has 3 aromatic heterocycles. The Morgan fingerprint density at radius 3 is 2.43 bits per heavy atom. The van der Waals surface area contributed by atoms with Gasteiger partial charge >= 0.3 is 0 Å². The number of nitrogens with zero attached hydrogens (tertiary/aromatic N) is 4. The van der Waals surface area contributed by atoms with Crippen LogP contribution in [0.1, 0.15) is 10.4 Å². The first kappa shape index (κ1) is 17.8. The van der Waals surface area contributed by atoms with Crippen LogP contribution in [-0.4, -0.2) is 25.4 Å². The van der Waals surface area contributed by atoms with E-state index in [-0.39, 0.29) is 5.91 Å². The SMILES string of the molecule is Cn1c(-c2ccco2)nc2c(NC(=O)c3ccc(-c4ccccc4)cc3)ncnc21. The van der Waals surface area contributed by atoms with E-state index in [9.17, 15) is 4.79 Å². The molecule has 0 atom stereocenters. The monoisotopic (exact) mass is 395 g/mol. The molecule has 0 aliphatic carbocycles. The summed E-state index contributed by atoms with van der Waals surface area (Å²) in [6.07, 6.45) is 2.99. The number of aryl methyl sites for hydroxylation is 1. The summed E-state index contributed by atoms with van der Waals surface area (Å²) in [6.45, 7) is 0. The third kappa shape index (κ3) is 3.12. The number of aromatic nitrogens is 4. The second-order valence-corrected chi connectivity index (χ2v) is 6.76. The normalized spacial score (nSPS) is 11.0. The van der Waals surface area contributed by atoms with Gasteiger partial charge in [-0.1, -0.05) is 42.5 Å². The van der Waals surface area contributed by atoms with Gasteiger partial charge in [0.1, 0.15) is 6.33 Å². The average molecular weight is 395 g/mol. The van der Waals surface area contributed by atoms with Gasteiger partial charge in [0.05, 0.1) is 6.26 Å². The van der Waals surface area contributed by atoms with E-state index in [1.54, 1.807) is 29.0 Å². The minimum absolute atomic E-state index is 0.264. The van der Waals surface area contributed by atoms with Crippen LogP contribution in [0.5, 0.6) is 0 Å².